The number of hydrogen-bond acceptors (Lipinski definition) is 5. The topological polar surface area (TPSA) is 108 Å². The summed E-state index contributed by atoms with van der Waals surface area (Å²) in [5.74, 6) is -2.18. The van der Waals surface area contributed by atoms with E-state index in [-0.39, 0.29) is 37.0 Å². The van der Waals surface area contributed by atoms with Crippen LogP contribution in [0.25, 0.3) is 0 Å². The molecule has 3 heterocycles. The average Bonchev–Trinajstić information content (AvgIpc) is 3.34. The highest BCUT2D eigenvalue weighted by molar-refractivity contribution is 5.99. The van der Waals surface area contributed by atoms with Gasteiger partial charge in [-0.2, -0.15) is 0 Å². The van der Waals surface area contributed by atoms with Gasteiger partial charge in [0.1, 0.15) is 11.6 Å². The largest absolute Gasteiger partial charge is 0.395 e. The van der Waals surface area contributed by atoms with E-state index in [1.54, 1.807) is 0 Å². The molecule has 3 fully saturated rings. The number of nitrogens with one attached hydrogen (secondary N) is 2. The molecule has 168 valence electrons. The van der Waals surface area contributed by atoms with Crippen molar-refractivity contribution in [1.82, 2.24) is 15.5 Å². The van der Waals surface area contributed by atoms with Crippen molar-refractivity contribution < 1.29 is 24.2 Å². The number of hydrogen-bond donors (Lipinski definition) is 3. The van der Waals surface area contributed by atoms with Crippen molar-refractivity contribution in [3.8, 4) is 0 Å². The quantitative estimate of drug-likeness (QED) is 0.613. The zero-order valence-corrected chi connectivity index (χ0v) is 18.3. The number of rotatable bonds is 6. The third kappa shape index (κ3) is 3.72. The number of aliphatic hydroxyl groups is 1. The van der Waals surface area contributed by atoms with Gasteiger partial charge < -0.3 is 25.4 Å². The number of benzene rings is 1. The standard InChI is InChI=1S/C23H31N3O5/c1-22(2,3)25-20(29)18-23-10-9-15(31-23)16(17(23)21(30)26(18)11-12-27)19(28)24-13-14-7-5-4-6-8-14/h4-8,15-18,27H,9-13H2,1-3H3,(H,24,28)(H,25,29)/t15-,16+,17+,18?,23?/m1/s1. The first kappa shape index (κ1) is 21.8. The highest BCUT2D eigenvalue weighted by Crippen LogP contribution is 2.58. The van der Waals surface area contributed by atoms with Gasteiger partial charge in [-0.3, -0.25) is 14.4 Å². The molecule has 2 bridgehead atoms. The van der Waals surface area contributed by atoms with Gasteiger partial charge in [-0.1, -0.05) is 30.3 Å². The number of amides is 3. The van der Waals surface area contributed by atoms with Crippen LogP contribution in [0.5, 0.6) is 0 Å². The highest BCUT2D eigenvalue weighted by Gasteiger charge is 2.74. The van der Waals surface area contributed by atoms with Crippen LogP contribution in [0.3, 0.4) is 0 Å². The molecule has 5 atom stereocenters. The van der Waals surface area contributed by atoms with Crippen molar-refractivity contribution in [1.29, 1.82) is 0 Å². The zero-order valence-electron chi connectivity index (χ0n) is 18.3. The summed E-state index contributed by atoms with van der Waals surface area (Å²) in [7, 11) is 0. The Hall–Kier alpha value is -2.45. The third-order valence-corrected chi connectivity index (χ3v) is 6.50. The summed E-state index contributed by atoms with van der Waals surface area (Å²) in [5, 5.41) is 15.4. The van der Waals surface area contributed by atoms with Crippen molar-refractivity contribution in [3.05, 3.63) is 35.9 Å². The van der Waals surface area contributed by atoms with E-state index in [9.17, 15) is 19.5 Å². The smallest absolute Gasteiger partial charge is 0.246 e. The molecule has 3 amide bonds. The van der Waals surface area contributed by atoms with Crippen LogP contribution in [0.2, 0.25) is 0 Å². The van der Waals surface area contributed by atoms with Crippen molar-refractivity contribution >= 4 is 17.7 Å². The Labute approximate surface area is 182 Å². The van der Waals surface area contributed by atoms with E-state index in [1.807, 2.05) is 51.1 Å². The van der Waals surface area contributed by atoms with Crippen LogP contribution in [-0.4, -0.2) is 64.2 Å². The van der Waals surface area contributed by atoms with Crippen LogP contribution in [0.15, 0.2) is 30.3 Å². The Kier molecular flexibility index (Phi) is 5.55. The van der Waals surface area contributed by atoms with Gasteiger partial charge in [0.05, 0.1) is 24.5 Å². The lowest BCUT2D eigenvalue weighted by molar-refractivity contribution is -0.143. The van der Waals surface area contributed by atoms with Gasteiger partial charge in [-0.15, -0.1) is 0 Å². The van der Waals surface area contributed by atoms with E-state index in [1.165, 1.54) is 4.90 Å². The second-order valence-electron chi connectivity index (χ2n) is 9.75. The molecule has 0 radical (unpaired) electrons. The minimum atomic E-state index is -1.03. The Morgan fingerprint density at radius 2 is 1.94 bits per heavy atom. The third-order valence-electron chi connectivity index (χ3n) is 6.50. The van der Waals surface area contributed by atoms with Crippen LogP contribution in [-0.2, 0) is 25.7 Å². The number of carbonyl (C=O) groups excluding carboxylic acids is 3. The fourth-order valence-corrected chi connectivity index (χ4v) is 5.44. The minimum Gasteiger partial charge on any atom is -0.395 e. The molecule has 3 aliphatic rings. The lowest BCUT2D eigenvalue weighted by atomic mass is 9.70. The number of likely N-dealkylation sites (tertiary alicyclic amines) is 1. The number of ether oxygens (including phenoxy) is 1. The maximum Gasteiger partial charge on any atom is 0.246 e. The SMILES string of the molecule is CC(C)(C)NC(=O)C1N(CCO)C(=O)[C@@H]2[C@@H](C(=O)NCc3ccccc3)[C@H]3CCC12O3. The molecule has 4 rings (SSSR count). The molecule has 8 heteroatoms. The number of nitrogens with zero attached hydrogens (tertiary/aromatic N) is 1. The normalized spacial score (nSPS) is 31.6. The van der Waals surface area contributed by atoms with Crippen LogP contribution in [0.4, 0.5) is 0 Å². The first-order valence-electron chi connectivity index (χ1n) is 10.9. The first-order chi connectivity index (χ1) is 14.7. The zero-order chi connectivity index (χ0) is 22.4. The van der Waals surface area contributed by atoms with E-state index in [0.29, 0.717) is 19.4 Å². The van der Waals surface area contributed by atoms with E-state index < -0.39 is 29.0 Å². The summed E-state index contributed by atoms with van der Waals surface area (Å²) < 4.78 is 6.30. The summed E-state index contributed by atoms with van der Waals surface area (Å²) in [6, 6.07) is 8.72. The van der Waals surface area contributed by atoms with Crippen LogP contribution < -0.4 is 10.6 Å². The fourth-order valence-electron chi connectivity index (χ4n) is 5.44. The molecule has 0 aromatic heterocycles. The van der Waals surface area contributed by atoms with Crippen molar-refractivity contribution in [2.45, 2.75) is 63.4 Å². The van der Waals surface area contributed by atoms with Gasteiger partial charge >= 0.3 is 0 Å². The lowest BCUT2D eigenvalue weighted by Gasteiger charge is -2.35. The molecule has 3 N–H and O–H groups in total. The van der Waals surface area contributed by atoms with Gasteiger partial charge in [0.25, 0.3) is 0 Å². The van der Waals surface area contributed by atoms with Gasteiger partial charge in [-0.05, 0) is 39.2 Å². The Morgan fingerprint density at radius 1 is 1.23 bits per heavy atom. The summed E-state index contributed by atoms with van der Waals surface area (Å²) in [5.41, 5.74) is -0.541. The van der Waals surface area contributed by atoms with E-state index in [0.717, 1.165) is 5.56 Å². The van der Waals surface area contributed by atoms with Crippen molar-refractivity contribution in [2.24, 2.45) is 11.8 Å². The van der Waals surface area contributed by atoms with E-state index in [2.05, 4.69) is 10.6 Å². The molecule has 1 spiro atoms. The maximum absolute atomic E-state index is 13.4. The van der Waals surface area contributed by atoms with Gasteiger partial charge in [0.15, 0.2) is 0 Å². The molecule has 0 aliphatic carbocycles. The molecule has 1 aromatic rings. The molecule has 3 aliphatic heterocycles. The second kappa shape index (κ2) is 7.91. The van der Waals surface area contributed by atoms with Crippen LogP contribution >= 0.6 is 0 Å². The van der Waals surface area contributed by atoms with Gasteiger partial charge in [0, 0.05) is 18.6 Å². The van der Waals surface area contributed by atoms with Crippen molar-refractivity contribution in [3.63, 3.8) is 0 Å². The van der Waals surface area contributed by atoms with Gasteiger partial charge in [0.2, 0.25) is 17.7 Å². The minimum absolute atomic E-state index is 0.0334. The predicted octanol–water partition coefficient (Wildman–Crippen LogP) is 0.584. The van der Waals surface area contributed by atoms with E-state index >= 15 is 0 Å². The summed E-state index contributed by atoms with van der Waals surface area (Å²) in [6.07, 6.45) is 0.783. The predicted molar refractivity (Wildman–Crippen MR) is 113 cm³/mol. The first-order valence-corrected chi connectivity index (χ1v) is 10.9. The lowest BCUT2D eigenvalue weighted by Crippen LogP contribution is -2.58. The molecule has 8 nitrogen and oxygen atoms in total. The Morgan fingerprint density at radius 3 is 2.58 bits per heavy atom. The Bertz CT molecular complexity index is 868. The Balaban J connectivity index is 1.60. The summed E-state index contributed by atoms with van der Waals surface area (Å²) in [6.45, 7) is 5.76. The molecule has 3 saturated heterocycles. The number of fused-ring (bicyclic) bond motifs is 1. The molecular weight excluding hydrogens is 398 g/mol. The van der Waals surface area contributed by atoms with Gasteiger partial charge in [-0.25, -0.2) is 0 Å². The second-order valence-corrected chi connectivity index (χ2v) is 9.75. The highest BCUT2D eigenvalue weighted by atomic mass is 16.5. The van der Waals surface area contributed by atoms with Crippen molar-refractivity contribution in [2.75, 3.05) is 13.2 Å². The molecule has 31 heavy (non-hydrogen) atoms. The summed E-state index contributed by atoms with van der Waals surface area (Å²) >= 11 is 0. The molecule has 0 saturated carbocycles. The molecule has 1 aromatic carbocycles. The fraction of sp³-hybridized carbons (Fsp3) is 0.609. The maximum atomic E-state index is 13.4. The number of β-amino-alcohol motifs (C(OH)–C–C–N with tert-alkyl or cyclic N) is 1. The van der Waals surface area contributed by atoms with E-state index in [4.69, 9.17) is 4.74 Å². The number of aliphatic hydroxyl groups excluding tert-OH is 1. The number of carbonyl (C=O) groups is 3. The van der Waals surface area contributed by atoms with Crippen LogP contribution in [0.1, 0.15) is 39.2 Å². The summed E-state index contributed by atoms with van der Waals surface area (Å²) in [4.78, 5) is 41.2. The average molecular weight is 430 g/mol. The molecular formula is C23H31N3O5. The van der Waals surface area contributed by atoms with Crippen LogP contribution in [0, 0.1) is 11.8 Å². The molecule has 2 unspecified atom stereocenters. The monoisotopic (exact) mass is 429 g/mol.